The number of fused-ring (bicyclic) bond motifs is 1. The zero-order chi connectivity index (χ0) is 38.7. The third-order valence-corrected chi connectivity index (χ3v) is 10.8. The van der Waals surface area contributed by atoms with Crippen molar-refractivity contribution in [2.45, 2.75) is 0 Å². The molecule has 274 valence electrons. The van der Waals surface area contributed by atoms with Crippen molar-refractivity contribution in [2.75, 3.05) is 4.90 Å². The monoisotopic (exact) mass is 741 g/mol. The SMILES string of the molecule is c1ccc(-c2cc(-c3ccccc3)cc(-c3ccc(N(c4cc(-c5ccccc5)cc(-c5ccccc5)c4)c4ccccc4-c4cc5ccccc5o4)cc3)c2)cc1. The first-order chi connectivity index (χ1) is 28.7. The summed E-state index contributed by atoms with van der Waals surface area (Å²) >= 11 is 0. The fourth-order valence-electron chi connectivity index (χ4n) is 7.95. The van der Waals surface area contributed by atoms with Gasteiger partial charge < -0.3 is 9.32 Å². The zero-order valence-corrected chi connectivity index (χ0v) is 31.9. The van der Waals surface area contributed by atoms with Crippen LogP contribution in [0.15, 0.2) is 241 Å². The van der Waals surface area contributed by atoms with E-state index in [-0.39, 0.29) is 0 Å². The lowest BCUT2D eigenvalue weighted by atomic mass is 9.93. The Labute approximate surface area is 339 Å². The van der Waals surface area contributed by atoms with Crippen molar-refractivity contribution < 1.29 is 4.42 Å². The van der Waals surface area contributed by atoms with Crippen LogP contribution in [-0.2, 0) is 0 Å². The van der Waals surface area contributed by atoms with Crippen molar-refractivity contribution in [3.8, 4) is 67.0 Å². The lowest BCUT2D eigenvalue weighted by Crippen LogP contribution is -2.11. The van der Waals surface area contributed by atoms with Crippen LogP contribution in [0.2, 0.25) is 0 Å². The Balaban J connectivity index is 1.16. The van der Waals surface area contributed by atoms with E-state index < -0.39 is 0 Å². The first-order valence-electron chi connectivity index (χ1n) is 19.7. The molecule has 0 aliphatic rings. The van der Waals surface area contributed by atoms with E-state index in [9.17, 15) is 0 Å². The molecular formula is C56H39NO. The summed E-state index contributed by atoms with van der Waals surface area (Å²) in [6.07, 6.45) is 0. The standard InChI is InChI=1S/C56H39NO/c1-5-17-40(18-6-1)46-33-47(41-19-7-2-8-20-41)35-48(34-46)44-29-31-51(32-30-44)57(54-27-15-14-26-53(54)56-39-45-25-13-16-28-55(45)58-56)52-37-49(42-21-9-3-10-22-42)36-50(38-52)43-23-11-4-12-24-43/h1-39H. The molecule has 58 heavy (non-hydrogen) atoms. The third-order valence-electron chi connectivity index (χ3n) is 10.8. The molecule has 0 amide bonds. The van der Waals surface area contributed by atoms with Gasteiger partial charge in [0.25, 0.3) is 0 Å². The second kappa shape index (κ2) is 15.5. The van der Waals surface area contributed by atoms with Gasteiger partial charge >= 0.3 is 0 Å². The van der Waals surface area contributed by atoms with Gasteiger partial charge in [-0.05, 0) is 128 Å². The molecule has 0 spiro atoms. The topological polar surface area (TPSA) is 16.4 Å². The average molecular weight is 742 g/mol. The van der Waals surface area contributed by atoms with Crippen molar-refractivity contribution in [3.05, 3.63) is 237 Å². The van der Waals surface area contributed by atoms with Crippen LogP contribution in [0.1, 0.15) is 0 Å². The minimum atomic E-state index is 0.826. The number of nitrogens with zero attached hydrogens (tertiary/aromatic N) is 1. The fraction of sp³-hybridized carbons (Fsp3) is 0. The highest BCUT2D eigenvalue weighted by molar-refractivity contribution is 5.93. The van der Waals surface area contributed by atoms with E-state index in [0.29, 0.717) is 0 Å². The number of anilines is 3. The van der Waals surface area contributed by atoms with Crippen LogP contribution >= 0.6 is 0 Å². The Morgan fingerprint density at radius 2 is 0.672 bits per heavy atom. The molecule has 0 aliphatic carbocycles. The quantitative estimate of drug-likeness (QED) is 0.146. The molecule has 0 N–H and O–H groups in total. The summed E-state index contributed by atoms with van der Waals surface area (Å²) in [5, 5.41) is 1.08. The molecule has 10 rings (SSSR count). The van der Waals surface area contributed by atoms with E-state index in [1.54, 1.807) is 0 Å². The molecule has 0 unspecified atom stereocenters. The van der Waals surface area contributed by atoms with Crippen molar-refractivity contribution in [2.24, 2.45) is 0 Å². The summed E-state index contributed by atoms with van der Waals surface area (Å²) in [4.78, 5) is 2.38. The summed E-state index contributed by atoms with van der Waals surface area (Å²) in [6.45, 7) is 0. The smallest absolute Gasteiger partial charge is 0.137 e. The van der Waals surface area contributed by atoms with Crippen LogP contribution in [0.4, 0.5) is 17.1 Å². The van der Waals surface area contributed by atoms with Crippen LogP contribution in [-0.4, -0.2) is 0 Å². The molecule has 0 radical (unpaired) electrons. The van der Waals surface area contributed by atoms with Gasteiger partial charge in [0.1, 0.15) is 11.3 Å². The third kappa shape index (κ3) is 7.00. The largest absolute Gasteiger partial charge is 0.456 e. The van der Waals surface area contributed by atoms with Crippen molar-refractivity contribution in [3.63, 3.8) is 0 Å². The van der Waals surface area contributed by atoms with Crippen molar-refractivity contribution in [1.29, 1.82) is 0 Å². The number of benzene rings is 9. The van der Waals surface area contributed by atoms with Gasteiger partial charge in [0.05, 0.1) is 5.69 Å². The molecule has 0 fully saturated rings. The van der Waals surface area contributed by atoms with Gasteiger partial charge in [0.15, 0.2) is 0 Å². The zero-order valence-electron chi connectivity index (χ0n) is 31.9. The number of rotatable bonds is 9. The molecule has 1 aromatic heterocycles. The normalized spacial score (nSPS) is 11.1. The molecule has 0 aliphatic heterocycles. The maximum Gasteiger partial charge on any atom is 0.137 e. The van der Waals surface area contributed by atoms with E-state index in [1.807, 2.05) is 12.1 Å². The Hall–Kier alpha value is -7.68. The fourth-order valence-corrected chi connectivity index (χ4v) is 7.95. The van der Waals surface area contributed by atoms with Crippen LogP contribution < -0.4 is 4.90 Å². The Morgan fingerprint density at radius 3 is 1.16 bits per heavy atom. The molecule has 0 saturated carbocycles. The van der Waals surface area contributed by atoms with Crippen molar-refractivity contribution in [1.82, 2.24) is 0 Å². The van der Waals surface area contributed by atoms with Gasteiger partial charge in [-0.15, -0.1) is 0 Å². The van der Waals surface area contributed by atoms with Gasteiger partial charge in [0.2, 0.25) is 0 Å². The van der Waals surface area contributed by atoms with E-state index in [4.69, 9.17) is 4.42 Å². The number of hydrogen-bond acceptors (Lipinski definition) is 2. The lowest BCUT2D eigenvalue weighted by Gasteiger charge is -2.28. The minimum absolute atomic E-state index is 0.826. The van der Waals surface area contributed by atoms with E-state index in [2.05, 4.69) is 229 Å². The molecule has 2 nitrogen and oxygen atoms in total. The Morgan fingerprint density at radius 1 is 0.276 bits per heavy atom. The highest BCUT2D eigenvalue weighted by Gasteiger charge is 2.21. The van der Waals surface area contributed by atoms with E-state index in [0.717, 1.165) is 67.2 Å². The summed E-state index contributed by atoms with van der Waals surface area (Å²) in [7, 11) is 0. The molecule has 2 heteroatoms. The van der Waals surface area contributed by atoms with E-state index >= 15 is 0 Å². The molecule has 10 aromatic rings. The van der Waals surface area contributed by atoms with Crippen LogP contribution in [0.25, 0.3) is 77.9 Å². The molecule has 0 saturated heterocycles. The average Bonchev–Trinajstić information content (AvgIpc) is 3.75. The summed E-state index contributed by atoms with van der Waals surface area (Å²) < 4.78 is 6.55. The highest BCUT2D eigenvalue weighted by atomic mass is 16.3. The van der Waals surface area contributed by atoms with Gasteiger partial charge in [0, 0.05) is 22.3 Å². The van der Waals surface area contributed by atoms with Gasteiger partial charge in [-0.2, -0.15) is 0 Å². The molecule has 0 atom stereocenters. The predicted octanol–water partition coefficient (Wildman–Crippen LogP) is 15.9. The highest BCUT2D eigenvalue weighted by Crippen LogP contribution is 2.45. The summed E-state index contributed by atoms with van der Waals surface area (Å²) in [5.41, 5.74) is 16.7. The van der Waals surface area contributed by atoms with Crippen LogP contribution in [0, 0.1) is 0 Å². The Kier molecular flexibility index (Phi) is 9.27. The number of furan rings is 1. The van der Waals surface area contributed by atoms with Crippen LogP contribution in [0.5, 0.6) is 0 Å². The maximum atomic E-state index is 6.55. The predicted molar refractivity (Wildman–Crippen MR) is 244 cm³/mol. The first kappa shape index (κ1) is 34.8. The van der Waals surface area contributed by atoms with E-state index in [1.165, 1.54) is 27.8 Å². The second-order valence-corrected chi connectivity index (χ2v) is 14.6. The molecular weight excluding hydrogens is 703 g/mol. The Bertz CT molecular complexity index is 2820. The van der Waals surface area contributed by atoms with Crippen molar-refractivity contribution >= 4 is 28.0 Å². The van der Waals surface area contributed by atoms with Crippen LogP contribution in [0.3, 0.4) is 0 Å². The lowest BCUT2D eigenvalue weighted by molar-refractivity contribution is 0.631. The maximum absolute atomic E-state index is 6.55. The molecule has 9 aromatic carbocycles. The summed E-state index contributed by atoms with van der Waals surface area (Å²) in [6, 6.07) is 84.3. The molecule has 1 heterocycles. The second-order valence-electron chi connectivity index (χ2n) is 14.6. The van der Waals surface area contributed by atoms with Gasteiger partial charge in [-0.1, -0.05) is 164 Å². The minimum Gasteiger partial charge on any atom is -0.456 e. The van der Waals surface area contributed by atoms with Gasteiger partial charge in [-0.25, -0.2) is 0 Å². The van der Waals surface area contributed by atoms with Gasteiger partial charge in [-0.3, -0.25) is 0 Å². The summed E-state index contributed by atoms with van der Waals surface area (Å²) in [5.74, 6) is 0.826. The number of hydrogen-bond donors (Lipinski definition) is 0. The first-order valence-corrected chi connectivity index (χ1v) is 19.7. The molecule has 0 bridgehead atoms. The number of para-hydroxylation sites is 2.